The lowest BCUT2D eigenvalue weighted by Gasteiger charge is -2.35. The molecule has 2 unspecified atom stereocenters. The minimum Gasteiger partial charge on any atom is -0.491 e. The van der Waals surface area contributed by atoms with Gasteiger partial charge in [0.05, 0.1) is 25.4 Å². The third-order valence-corrected chi connectivity index (χ3v) is 8.68. The summed E-state index contributed by atoms with van der Waals surface area (Å²) in [5.41, 5.74) is 3.08. The first-order valence-electron chi connectivity index (χ1n) is 17.6. The first-order valence-corrected chi connectivity index (χ1v) is 17.6. The highest BCUT2D eigenvalue weighted by atomic mass is 16.5. The standard InChI is InChI=1S/C38H61NO6/c1-8-10-11-12-13-14-15-16-17-18-19-20-21-23-30-24-22-25-32(45-28(3)4)33(30)34-31(26-27-42-6)29(5)39-36(38(41)43-7)35(34)37(40)44-9-2/h22,24-25,28,31,34H,8-21,23,26-27H2,1-7H3. The molecular weight excluding hydrogens is 566 g/mol. The van der Waals surface area contributed by atoms with Crippen LogP contribution in [0.4, 0.5) is 0 Å². The van der Waals surface area contributed by atoms with E-state index in [4.69, 9.17) is 18.9 Å². The number of hydrogen-bond donors (Lipinski definition) is 0. The topological polar surface area (TPSA) is 83.4 Å². The van der Waals surface area contributed by atoms with Crippen molar-refractivity contribution < 1.29 is 28.5 Å². The van der Waals surface area contributed by atoms with Gasteiger partial charge < -0.3 is 18.9 Å². The molecule has 1 aromatic carbocycles. The number of rotatable bonds is 23. The third-order valence-electron chi connectivity index (χ3n) is 8.68. The molecule has 0 radical (unpaired) electrons. The average molecular weight is 628 g/mol. The Bertz CT molecular complexity index is 1090. The van der Waals surface area contributed by atoms with Crippen molar-refractivity contribution >= 4 is 17.7 Å². The van der Waals surface area contributed by atoms with Gasteiger partial charge in [-0.1, -0.05) is 96.1 Å². The summed E-state index contributed by atoms with van der Waals surface area (Å²) in [7, 11) is 2.98. The van der Waals surface area contributed by atoms with Gasteiger partial charge in [-0.25, -0.2) is 14.6 Å². The number of methoxy groups -OCH3 is 2. The van der Waals surface area contributed by atoms with E-state index in [9.17, 15) is 9.59 Å². The van der Waals surface area contributed by atoms with Crippen LogP contribution in [0.3, 0.4) is 0 Å². The zero-order valence-corrected chi connectivity index (χ0v) is 29.4. The summed E-state index contributed by atoms with van der Waals surface area (Å²) in [6.45, 7) is 10.6. The van der Waals surface area contributed by atoms with Gasteiger partial charge in [0.1, 0.15) is 5.75 Å². The van der Waals surface area contributed by atoms with Crippen molar-refractivity contribution in [2.24, 2.45) is 10.9 Å². The number of carbonyl (C=O) groups is 2. The fraction of sp³-hybridized carbons (Fsp3) is 0.711. The summed E-state index contributed by atoms with van der Waals surface area (Å²) in [6.07, 6.45) is 18.3. The Labute approximate surface area is 273 Å². The highest BCUT2D eigenvalue weighted by Crippen LogP contribution is 2.46. The normalized spacial score (nSPS) is 16.6. The number of benzene rings is 1. The van der Waals surface area contributed by atoms with Crippen LogP contribution < -0.4 is 4.74 Å². The minimum atomic E-state index is -0.645. The lowest BCUT2D eigenvalue weighted by molar-refractivity contribution is -0.141. The minimum absolute atomic E-state index is 0.0124. The highest BCUT2D eigenvalue weighted by Gasteiger charge is 2.42. The second kappa shape index (κ2) is 22.0. The molecule has 2 atom stereocenters. The Hall–Kier alpha value is -2.67. The van der Waals surface area contributed by atoms with Gasteiger partial charge in [-0.15, -0.1) is 0 Å². The molecule has 7 heteroatoms. The maximum Gasteiger partial charge on any atom is 0.357 e. The molecule has 0 saturated carbocycles. The quantitative estimate of drug-likeness (QED) is 0.0888. The van der Waals surface area contributed by atoms with Crippen LogP contribution in [0, 0.1) is 5.92 Å². The molecule has 0 saturated heterocycles. The van der Waals surface area contributed by atoms with Crippen LogP contribution in [0.2, 0.25) is 0 Å². The molecule has 0 bridgehead atoms. The van der Waals surface area contributed by atoms with Crippen LogP contribution in [0.15, 0.2) is 34.5 Å². The van der Waals surface area contributed by atoms with E-state index in [1.54, 1.807) is 14.0 Å². The molecule has 254 valence electrons. The highest BCUT2D eigenvalue weighted by molar-refractivity contribution is 6.06. The number of aliphatic imine (C=N–C) groups is 1. The number of hydrogen-bond acceptors (Lipinski definition) is 7. The maximum absolute atomic E-state index is 13.6. The van der Waals surface area contributed by atoms with Gasteiger partial charge >= 0.3 is 11.9 Å². The van der Waals surface area contributed by atoms with Crippen LogP contribution in [0.25, 0.3) is 0 Å². The van der Waals surface area contributed by atoms with Gasteiger partial charge in [0.2, 0.25) is 0 Å². The lowest BCUT2D eigenvalue weighted by Crippen LogP contribution is -2.34. The van der Waals surface area contributed by atoms with Crippen LogP contribution in [-0.4, -0.2) is 51.2 Å². The molecule has 45 heavy (non-hydrogen) atoms. The van der Waals surface area contributed by atoms with Crippen molar-refractivity contribution in [3.8, 4) is 5.75 Å². The third kappa shape index (κ3) is 12.6. The van der Waals surface area contributed by atoms with Crippen LogP contribution in [0.1, 0.15) is 142 Å². The van der Waals surface area contributed by atoms with Gasteiger partial charge in [-0.3, -0.25) is 0 Å². The monoisotopic (exact) mass is 627 g/mol. The van der Waals surface area contributed by atoms with E-state index in [-0.39, 0.29) is 29.9 Å². The lowest BCUT2D eigenvalue weighted by atomic mass is 9.72. The van der Waals surface area contributed by atoms with Gasteiger partial charge in [0, 0.05) is 36.8 Å². The Morgan fingerprint density at radius 1 is 0.844 bits per heavy atom. The molecule has 0 aliphatic carbocycles. The summed E-state index contributed by atoms with van der Waals surface area (Å²) in [5, 5.41) is 0. The van der Waals surface area contributed by atoms with Gasteiger partial charge in [-0.05, 0) is 58.6 Å². The van der Waals surface area contributed by atoms with Crippen molar-refractivity contribution in [1.82, 2.24) is 0 Å². The summed E-state index contributed by atoms with van der Waals surface area (Å²) in [5.74, 6) is -1.14. The number of aryl methyl sites for hydroxylation is 1. The summed E-state index contributed by atoms with van der Waals surface area (Å²) in [6, 6.07) is 6.14. The van der Waals surface area contributed by atoms with E-state index in [1.165, 1.54) is 77.7 Å². The molecule has 7 nitrogen and oxygen atoms in total. The van der Waals surface area contributed by atoms with Crippen molar-refractivity contribution in [2.75, 3.05) is 27.4 Å². The number of carbonyl (C=O) groups excluding carboxylic acids is 2. The van der Waals surface area contributed by atoms with Gasteiger partial charge in [-0.2, -0.15) is 0 Å². The predicted octanol–water partition coefficient (Wildman–Crippen LogP) is 9.31. The van der Waals surface area contributed by atoms with Crippen molar-refractivity contribution in [1.29, 1.82) is 0 Å². The van der Waals surface area contributed by atoms with Crippen LogP contribution >= 0.6 is 0 Å². The Balaban J connectivity index is 2.30. The molecule has 2 rings (SSSR count). The number of ether oxygens (including phenoxy) is 4. The summed E-state index contributed by atoms with van der Waals surface area (Å²) in [4.78, 5) is 31.3. The van der Waals surface area contributed by atoms with Gasteiger partial charge in [0.15, 0.2) is 5.70 Å². The maximum atomic E-state index is 13.6. The van der Waals surface area contributed by atoms with E-state index in [1.807, 2.05) is 32.9 Å². The molecule has 0 aromatic heterocycles. The average Bonchev–Trinajstić information content (AvgIpc) is 3.01. The van der Waals surface area contributed by atoms with E-state index in [0.717, 1.165) is 41.9 Å². The van der Waals surface area contributed by atoms with E-state index >= 15 is 0 Å². The molecule has 0 spiro atoms. The smallest absolute Gasteiger partial charge is 0.357 e. The first kappa shape index (κ1) is 38.5. The number of nitrogens with zero attached hydrogens (tertiary/aromatic N) is 1. The molecule has 1 aliphatic heterocycles. The largest absolute Gasteiger partial charge is 0.491 e. The molecule has 0 amide bonds. The van der Waals surface area contributed by atoms with Crippen molar-refractivity contribution in [2.45, 2.75) is 143 Å². The Morgan fingerprint density at radius 2 is 1.44 bits per heavy atom. The molecule has 1 heterocycles. The number of esters is 2. The van der Waals surface area contributed by atoms with Gasteiger partial charge in [0.25, 0.3) is 0 Å². The van der Waals surface area contributed by atoms with Crippen molar-refractivity contribution in [3.63, 3.8) is 0 Å². The zero-order chi connectivity index (χ0) is 33.0. The Morgan fingerprint density at radius 3 is 1.98 bits per heavy atom. The fourth-order valence-electron chi connectivity index (χ4n) is 6.41. The van der Waals surface area contributed by atoms with E-state index in [0.29, 0.717) is 13.0 Å². The molecule has 0 N–H and O–H groups in total. The van der Waals surface area contributed by atoms with E-state index in [2.05, 4.69) is 18.0 Å². The predicted molar refractivity (Wildman–Crippen MR) is 183 cm³/mol. The van der Waals surface area contributed by atoms with Crippen molar-refractivity contribution in [3.05, 3.63) is 40.6 Å². The fourth-order valence-corrected chi connectivity index (χ4v) is 6.41. The molecule has 1 aromatic rings. The Kier molecular flexibility index (Phi) is 18.8. The summed E-state index contributed by atoms with van der Waals surface area (Å²) < 4.78 is 22.5. The zero-order valence-electron chi connectivity index (χ0n) is 29.4. The molecular formula is C38H61NO6. The second-order valence-corrected chi connectivity index (χ2v) is 12.6. The first-order chi connectivity index (χ1) is 21.8. The SMILES string of the molecule is CCCCCCCCCCCCCCCc1cccc(OC(C)C)c1C1C(C(=O)OCC)=C(C(=O)OC)N=C(C)C1CCOC. The molecule has 0 fully saturated rings. The second-order valence-electron chi connectivity index (χ2n) is 12.6. The number of unbranched alkanes of at least 4 members (excludes halogenated alkanes) is 12. The molecule has 1 aliphatic rings. The van der Waals surface area contributed by atoms with Crippen LogP contribution in [0.5, 0.6) is 5.75 Å². The summed E-state index contributed by atoms with van der Waals surface area (Å²) >= 11 is 0. The van der Waals surface area contributed by atoms with Crippen LogP contribution in [-0.2, 0) is 30.2 Å². The van der Waals surface area contributed by atoms with E-state index < -0.39 is 17.9 Å².